The first kappa shape index (κ1) is 15.8. The molecule has 2 atom stereocenters. The predicted octanol–water partition coefficient (Wildman–Crippen LogP) is 1.76. The van der Waals surface area contributed by atoms with Crippen LogP contribution in [0.2, 0.25) is 0 Å². The lowest BCUT2D eigenvalue weighted by Gasteiger charge is -2.15. The van der Waals surface area contributed by atoms with Gasteiger partial charge in [0.2, 0.25) is 0 Å². The average molecular weight is 340 g/mol. The van der Waals surface area contributed by atoms with E-state index in [9.17, 15) is 14.7 Å². The number of aromatic nitrogens is 3. The van der Waals surface area contributed by atoms with Crippen LogP contribution in [0.1, 0.15) is 29.0 Å². The second-order valence-electron chi connectivity index (χ2n) is 6.93. The summed E-state index contributed by atoms with van der Waals surface area (Å²) in [6.45, 7) is 2.56. The highest BCUT2D eigenvalue weighted by Gasteiger charge is 2.47. The predicted molar refractivity (Wildman–Crippen MR) is 89.3 cm³/mol. The number of carboxylic acid groups (broad SMARTS) is 1. The summed E-state index contributed by atoms with van der Waals surface area (Å²) in [5, 5.41) is 17.6. The van der Waals surface area contributed by atoms with Crippen molar-refractivity contribution in [3.05, 3.63) is 41.7 Å². The van der Waals surface area contributed by atoms with Gasteiger partial charge in [-0.05, 0) is 43.7 Å². The standard InChI is InChI=1S/C18H20N4O3/c1-11-16(19-20-22(11)13-5-3-2-4-6-13)17(23)21-9-14(12-7-8-12)15(10-21)18(24)25/h2-6,12,14-15H,7-10H2,1H3,(H,24,25)/t14-,15+/m1/s1. The number of aliphatic carboxylic acids is 1. The van der Waals surface area contributed by atoms with Crippen LogP contribution in [0.3, 0.4) is 0 Å². The Bertz CT molecular complexity index is 813. The van der Waals surface area contributed by atoms with Gasteiger partial charge in [-0.3, -0.25) is 9.59 Å². The van der Waals surface area contributed by atoms with Gasteiger partial charge in [0.25, 0.3) is 5.91 Å². The van der Waals surface area contributed by atoms with Gasteiger partial charge in [0.15, 0.2) is 5.69 Å². The fraction of sp³-hybridized carbons (Fsp3) is 0.444. The van der Waals surface area contributed by atoms with Crippen molar-refractivity contribution in [2.45, 2.75) is 19.8 Å². The number of hydrogen-bond acceptors (Lipinski definition) is 4. The fourth-order valence-electron chi connectivity index (χ4n) is 3.75. The summed E-state index contributed by atoms with van der Waals surface area (Å²) in [5.74, 6) is -1.00. The second kappa shape index (κ2) is 5.98. The molecule has 0 unspecified atom stereocenters. The fourth-order valence-corrected chi connectivity index (χ4v) is 3.75. The second-order valence-corrected chi connectivity index (χ2v) is 6.93. The number of carboxylic acids is 1. The Kier molecular flexibility index (Phi) is 3.78. The van der Waals surface area contributed by atoms with Crippen molar-refractivity contribution in [3.63, 3.8) is 0 Å². The van der Waals surface area contributed by atoms with Gasteiger partial charge in [-0.25, -0.2) is 4.68 Å². The van der Waals surface area contributed by atoms with Crippen molar-refractivity contribution in [2.75, 3.05) is 13.1 Å². The van der Waals surface area contributed by atoms with Gasteiger partial charge in [-0.1, -0.05) is 23.4 Å². The molecule has 1 aliphatic heterocycles. The molecule has 2 heterocycles. The van der Waals surface area contributed by atoms with E-state index in [2.05, 4.69) is 10.3 Å². The number of carbonyl (C=O) groups is 2. The number of benzene rings is 1. The molecule has 1 aliphatic carbocycles. The lowest BCUT2D eigenvalue weighted by molar-refractivity contribution is -0.142. The van der Waals surface area contributed by atoms with E-state index in [-0.39, 0.29) is 18.4 Å². The van der Waals surface area contributed by atoms with Crippen LogP contribution in [0, 0.1) is 24.7 Å². The first-order valence-electron chi connectivity index (χ1n) is 8.56. The highest BCUT2D eigenvalue weighted by Crippen LogP contribution is 2.44. The molecule has 2 aromatic rings. The summed E-state index contributed by atoms with van der Waals surface area (Å²) < 4.78 is 1.64. The Morgan fingerprint density at radius 3 is 2.52 bits per heavy atom. The maximum atomic E-state index is 12.9. The molecule has 7 nitrogen and oxygen atoms in total. The minimum Gasteiger partial charge on any atom is -0.481 e. The largest absolute Gasteiger partial charge is 0.481 e. The van der Waals surface area contributed by atoms with Gasteiger partial charge in [0.05, 0.1) is 17.3 Å². The van der Waals surface area contributed by atoms with Gasteiger partial charge in [-0.15, -0.1) is 5.10 Å². The average Bonchev–Trinajstić information content (AvgIpc) is 3.24. The molecule has 2 aliphatic rings. The smallest absolute Gasteiger partial charge is 0.308 e. The van der Waals surface area contributed by atoms with Crippen LogP contribution >= 0.6 is 0 Å². The lowest BCUT2D eigenvalue weighted by atomic mass is 9.92. The molecule has 7 heteroatoms. The van der Waals surface area contributed by atoms with Crippen LogP contribution < -0.4 is 0 Å². The summed E-state index contributed by atoms with van der Waals surface area (Å²) in [6, 6.07) is 9.51. The van der Waals surface area contributed by atoms with Crippen LogP contribution in [-0.2, 0) is 4.79 Å². The normalized spacial score (nSPS) is 23.0. The Morgan fingerprint density at radius 1 is 1.16 bits per heavy atom. The summed E-state index contributed by atoms with van der Waals surface area (Å²) in [7, 11) is 0. The number of amides is 1. The van der Waals surface area contributed by atoms with Crippen molar-refractivity contribution in [3.8, 4) is 5.69 Å². The highest BCUT2D eigenvalue weighted by molar-refractivity contribution is 5.94. The molecule has 2 fully saturated rings. The molecule has 1 amide bonds. The number of likely N-dealkylation sites (tertiary alicyclic amines) is 1. The van der Waals surface area contributed by atoms with E-state index in [1.54, 1.807) is 9.58 Å². The van der Waals surface area contributed by atoms with Crippen LogP contribution in [-0.4, -0.2) is 50.0 Å². The maximum absolute atomic E-state index is 12.9. The van der Waals surface area contributed by atoms with Crippen LogP contribution in [0.15, 0.2) is 30.3 Å². The van der Waals surface area contributed by atoms with E-state index in [1.165, 1.54) is 0 Å². The van der Waals surface area contributed by atoms with Crippen LogP contribution in [0.4, 0.5) is 0 Å². The Hall–Kier alpha value is -2.70. The molecule has 0 spiro atoms. The summed E-state index contributed by atoms with van der Waals surface area (Å²) in [5.41, 5.74) is 1.80. The number of nitrogens with zero attached hydrogens (tertiary/aromatic N) is 4. The molecule has 0 bridgehead atoms. The highest BCUT2D eigenvalue weighted by atomic mass is 16.4. The van der Waals surface area contributed by atoms with Gasteiger partial charge in [-0.2, -0.15) is 0 Å². The van der Waals surface area contributed by atoms with Crippen molar-refractivity contribution in [1.82, 2.24) is 19.9 Å². The van der Waals surface area contributed by atoms with E-state index < -0.39 is 11.9 Å². The minimum absolute atomic E-state index is 0.0610. The SMILES string of the molecule is Cc1c(C(=O)N2C[C@H](C(=O)O)[C@@H](C3CC3)C2)nnn1-c1ccccc1. The first-order chi connectivity index (χ1) is 12.1. The third-order valence-corrected chi connectivity index (χ3v) is 5.29. The molecular formula is C18H20N4O3. The number of rotatable bonds is 4. The van der Waals surface area contributed by atoms with Crippen molar-refractivity contribution in [1.29, 1.82) is 0 Å². The van der Waals surface area contributed by atoms with E-state index >= 15 is 0 Å². The Balaban J connectivity index is 1.58. The van der Waals surface area contributed by atoms with Crippen molar-refractivity contribution in [2.24, 2.45) is 17.8 Å². The topological polar surface area (TPSA) is 88.3 Å². The molecule has 1 aromatic heterocycles. The van der Waals surface area contributed by atoms with Gasteiger partial charge in [0.1, 0.15) is 0 Å². The number of hydrogen-bond donors (Lipinski definition) is 1. The van der Waals surface area contributed by atoms with E-state index in [4.69, 9.17) is 0 Å². The van der Waals surface area contributed by atoms with Crippen LogP contribution in [0.25, 0.3) is 5.69 Å². The van der Waals surface area contributed by atoms with Crippen molar-refractivity contribution >= 4 is 11.9 Å². The third kappa shape index (κ3) is 2.79. The Morgan fingerprint density at radius 2 is 1.88 bits per heavy atom. The van der Waals surface area contributed by atoms with E-state index in [0.717, 1.165) is 18.5 Å². The molecule has 4 rings (SSSR count). The zero-order valence-corrected chi connectivity index (χ0v) is 14.0. The lowest BCUT2D eigenvalue weighted by Crippen LogP contribution is -2.30. The zero-order valence-electron chi connectivity index (χ0n) is 14.0. The molecule has 1 saturated heterocycles. The van der Waals surface area contributed by atoms with Gasteiger partial charge < -0.3 is 10.0 Å². The van der Waals surface area contributed by atoms with Crippen LogP contribution in [0.5, 0.6) is 0 Å². The van der Waals surface area contributed by atoms with E-state index in [0.29, 0.717) is 23.9 Å². The number of carbonyl (C=O) groups excluding carboxylic acids is 1. The number of para-hydroxylation sites is 1. The molecule has 25 heavy (non-hydrogen) atoms. The Labute approximate surface area is 145 Å². The molecule has 1 aromatic carbocycles. The molecular weight excluding hydrogens is 320 g/mol. The monoisotopic (exact) mass is 340 g/mol. The first-order valence-corrected chi connectivity index (χ1v) is 8.56. The molecule has 0 radical (unpaired) electrons. The van der Waals surface area contributed by atoms with Crippen molar-refractivity contribution < 1.29 is 14.7 Å². The summed E-state index contributed by atoms with van der Waals surface area (Å²) in [6.07, 6.45) is 2.14. The molecule has 1 saturated carbocycles. The summed E-state index contributed by atoms with van der Waals surface area (Å²) in [4.78, 5) is 26.1. The van der Waals surface area contributed by atoms with Gasteiger partial charge >= 0.3 is 5.97 Å². The minimum atomic E-state index is -0.808. The zero-order chi connectivity index (χ0) is 17.6. The van der Waals surface area contributed by atoms with E-state index in [1.807, 2.05) is 37.3 Å². The van der Waals surface area contributed by atoms with Gasteiger partial charge in [0, 0.05) is 13.1 Å². The quantitative estimate of drug-likeness (QED) is 0.916. The maximum Gasteiger partial charge on any atom is 0.308 e. The molecule has 130 valence electrons. The third-order valence-electron chi connectivity index (χ3n) is 5.29. The summed E-state index contributed by atoms with van der Waals surface area (Å²) >= 11 is 0. The molecule has 1 N–H and O–H groups in total.